The summed E-state index contributed by atoms with van der Waals surface area (Å²) in [6.45, 7) is 4.50. The summed E-state index contributed by atoms with van der Waals surface area (Å²) >= 11 is 13.5. The van der Waals surface area contributed by atoms with Crippen molar-refractivity contribution in [2.24, 2.45) is 11.8 Å². The van der Waals surface area contributed by atoms with Crippen molar-refractivity contribution in [3.8, 4) is 0 Å². The quantitative estimate of drug-likeness (QED) is 0.775. The van der Waals surface area contributed by atoms with Gasteiger partial charge in [0.2, 0.25) is 5.91 Å². The molecule has 0 bridgehead atoms. The SMILES string of the molecule is C[C@H]1[C@@H](NC(=O)CSc2cc(Cl)ccc2Cl)CCC[C@@H]1C. The van der Waals surface area contributed by atoms with Gasteiger partial charge in [0.25, 0.3) is 0 Å². The third kappa shape index (κ3) is 4.80. The largest absolute Gasteiger partial charge is 0.352 e. The Bertz CT molecular complexity index is 509. The molecule has 3 atom stereocenters. The number of benzene rings is 1. The average molecular weight is 346 g/mol. The number of nitrogens with one attached hydrogen (secondary N) is 1. The zero-order valence-corrected chi connectivity index (χ0v) is 14.7. The topological polar surface area (TPSA) is 29.1 Å². The minimum Gasteiger partial charge on any atom is -0.352 e. The van der Waals surface area contributed by atoms with E-state index in [0.717, 1.165) is 11.3 Å². The van der Waals surface area contributed by atoms with Crippen LogP contribution < -0.4 is 5.32 Å². The number of amides is 1. The van der Waals surface area contributed by atoms with Gasteiger partial charge in [-0.25, -0.2) is 0 Å². The van der Waals surface area contributed by atoms with Crippen LogP contribution in [0.25, 0.3) is 0 Å². The molecule has 0 unspecified atom stereocenters. The average Bonchev–Trinajstić information content (AvgIpc) is 2.45. The van der Waals surface area contributed by atoms with E-state index in [1.165, 1.54) is 24.6 Å². The van der Waals surface area contributed by atoms with Crippen molar-refractivity contribution >= 4 is 40.9 Å². The highest BCUT2D eigenvalue weighted by Gasteiger charge is 2.27. The predicted octanol–water partition coefficient (Wildman–Crippen LogP) is 5.03. The maximum Gasteiger partial charge on any atom is 0.230 e. The molecule has 0 spiro atoms. The monoisotopic (exact) mass is 345 g/mol. The van der Waals surface area contributed by atoms with Gasteiger partial charge >= 0.3 is 0 Å². The van der Waals surface area contributed by atoms with Crippen molar-refractivity contribution in [3.05, 3.63) is 28.2 Å². The van der Waals surface area contributed by atoms with Gasteiger partial charge in [-0.15, -0.1) is 11.8 Å². The third-order valence-electron chi connectivity index (χ3n) is 4.31. The van der Waals surface area contributed by atoms with E-state index < -0.39 is 0 Å². The molecule has 0 aromatic heterocycles. The molecule has 1 aliphatic carbocycles. The normalized spacial score (nSPS) is 25.6. The second-order valence-electron chi connectivity index (χ2n) is 5.80. The number of hydrogen-bond acceptors (Lipinski definition) is 2. The third-order valence-corrected chi connectivity index (χ3v) is 6.04. The highest BCUT2D eigenvalue weighted by molar-refractivity contribution is 8.00. The van der Waals surface area contributed by atoms with Crippen molar-refractivity contribution in [2.75, 3.05) is 5.75 Å². The van der Waals surface area contributed by atoms with Crippen LogP contribution >= 0.6 is 35.0 Å². The lowest BCUT2D eigenvalue weighted by atomic mass is 9.78. The van der Waals surface area contributed by atoms with Crippen LogP contribution in [-0.4, -0.2) is 17.7 Å². The minimum absolute atomic E-state index is 0.0713. The van der Waals surface area contributed by atoms with E-state index in [2.05, 4.69) is 19.2 Å². The number of carbonyl (C=O) groups is 1. The van der Waals surface area contributed by atoms with E-state index >= 15 is 0 Å². The number of hydrogen-bond donors (Lipinski definition) is 1. The summed E-state index contributed by atoms with van der Waals surface area (Å²) in [5.74, 6) is 1.67. The second-order valence-corrected chi connectivity index (χ2v) is 7.67. The van der Waals surface area contributed by atoms with Crippen LogP contribution in [0.4, 0.5) is 0 Å². The second kappa shape index (κ2) is 7.75. The van der Waals surface area contributed by atoms with E-state index in [-0.39, 0.29) is 5.91 Å². The lowest BCUT2D eigenvalue weighted by molar-refractivity contribution is -0.119. The van der Waals surface area contributed by atoms with E-state index in [9.17, 15) is 4.79 Å². The maximum atomic E-state index is 12.1. The van der Waals surface area contributed by atoms with E-state index in [1.54, 1.807) is 18.2 Å². The van der Waals surface area contributed by atoms with Crippen molar-refractivity contribution in [1.82, 2.24) is 5.32 Å². The minimum atomic E-state index is 0.0713. The Kier molecular flexibility index (Phi) is 6.27. The summed E-state index contributed by atoms with van der Waals surface area (Å²) in [6, 6.07) is 5.61. The molecule has 21 heavy (non-hydrogen) atoms. The molecule has 1 aliphatic rings. The number of halogens is 2. The zero-order valence-electron chi connectivity index (χ0n) is 12.4. The molecule has 1 fully saturated rings. The van der Waals surface area contributed by atoms with Crippen LogP contribution in [0, 0.1) is 11.8 Å². The van der Waals surface area contributed by atoms with Gasteiger partial charge in [-0.05, 0) is 36.5 Å². The maximum absolute atomic E-state index is 12.1. The Labute approximate surface area is 141 Å². The number of rotatable bonds is 4. The van der Waals surface area contributed by atoms with Crippen LogP contribution in [0.15, 0.2) is 23.1 Å². The first-order valence-electron chi connectivity index (χ1n) is 7.34. The molecule has 2 rings (SSSR count). The summed E-state index contributed by atoms with van der Waals surface area (Å²) in [5.41, 5.74) is 0. The predicted molar refractivity (Wildman–Crippen MR) is 91.3 cm³/mol. The van der Waals surface area contributed by atoms with Crippen LogP contribution in [0.5, 0.6) is 0 Å². The van der Waals surface area contributed by atoms with Gasteiger partial charge in [0.15, 0.2) is 0 Å². The Balaban J connectivity index is 1.86. The summed E-state index contributed by atoms with van der Waals surface area (Å²) in [5, 5.41) is 4.44. The number of carbonyl (C=O) groups excluding carboxylic acids is 1. The summed E-state index contributed by atoms with van der Waals surface area (Å²) < 4.78 is 0. The van der Waals surface area contributed by atoms with Gasteiger partial charge in [0.1, 0.15) is 0 Å². The summed E-state index contributed by atoms with van der Waals surface area (Å²) in [7, 11) is 0. The van der Waals surface area contributed by atoms with Gasteiger partial charge in [0.05, 0.1) is 10.8 Å². The van der Waals surface area contributed by atoms with Crippen molar-refractivity contribution in [1.29, 1.82) is 0 Å². The van der Waals surface area contributed by atoms with Gasteiger partial charge in [-0.3, -0.25) is 4.79 Å². The lowest BCUT2D eigenvalue weighted by Crippen LogP contribution is -2.44. The van der Waals surface area contributed by atoms with Gasteiger partial charge in [-0.1, -0.05) is 49.9 Å². The summed E-state index contributed by atoms with van der Waals surface area (Å²) in [4.78, 5) is 13.0. The Hall–Kier alpha value is -0.380. The van der Waals surface area contributed by atoms with Crippen molar-refractivity contribution in [3.63, 3.8) is 0 Å². The molecule has 0 radical (unpaired) electrons. The molecule has 1 aromatic rings. The van der Waals surface area contributed by atoms with E-state index in [1.807, 2.05) is 0 Å². The molecule has 1 amide bonds. The molecule has 116 valence electrons. The van der Waals surface area contributed by atoms with Gasteiger partial charge < -0.3 is 5.32 Å². The van der Waals surface area contributed by atoms with Crippen molar-refractivity contribution in [2.45, 2.75) is 44.0 Å². The molecule has 1 N–H and O–H groups in total. The highest BCUT2D eigenvalue weighted by atomic mass is 35.5. The molecule has 5 heteroatoms. The Morgan fingerprint density at radius 1 is 1.33 bits per heavy atom. The molecule has 1 aromatic carbocycles. The fraction of sp³-hybridized carbons (Fsp3) is 0.562. The highest BCUT2D eigenvalue weighted by Crippen LogP contribution is 2.31. The van der Waals surface area contributed by atoms with Crippen LogP contribution in [-0.2, 0) is 4.79 Å². The Morgan fingerprint density at radius 2 is 2.10 bits per heavy atom. The first kappa shape index (κ1) is 17.0. The molecule has 0 heterocycles. The fourth-order valence-electron chi connectivity index (χ4n) is 2.77. The van der Waals surface area contributed by atoms with Gasteiger partial charge in [-0.2, -0.15) is 0 Å². The first-order chi connectivity index (χ1) is 9.97. The van der Waals surface area contributed by atoms with Gasteiger partial charge in [0, 0.05) is 16.0 Å². The lowest BCUT2D eigenvalue weighted by Gasteiger charge is -2.34. The van der Waals surface area contributed by atoms with Crippen LogP contribution in [0.2, 0.25) is 10.0 Å². The summed E-state index contributed by atoms with van der Waals surface area (Å²) in [6.07, 6.45) is 3.55. The van der Waals surface area contributed by atoms with E-state index in [0.29, 0.717) is 33.7 Å². The molecular weight excluding hydrogens is 325 g/mol. The molecule has 0 saturated heterocycles. The molecule has 2 nitrogen and oxygen atoms in total. The molecule has 0 aliphatic heterocycles. The standard InChI is InChI=1S/C16H21Cl2NOS/c1-10-4-3-5-14(11(10)2)19-16(20)9-21-15-8-12(17)6-7-13(15)18/h6-8,10-11,14H,3-5,9H2,1-2H3,(H,19,20)/t10-,11+,14-/m0/s1. The first-order valence-corrected chi connectivity index (χ1v) is 9.08. The van der Waals surface area contributed by atoms with E-state index in [4.69, 9.17) is 23.2 Å². The molecule has 1 saturated carbocycles. The fourth-order valence-corrected chi connectivity index (χ4v) is 4.07. The van der Waals surface area contributed by atoms with Crippen LogP contribution in [0.1, 0.15) is 33.1 Å². The van der Waals surface area contributed by atoms with Crippen LogP contribution in [0.3, 0.4) is 0 Å². The smallest absolute Gasteiger partial charge is 0.230 e. The zero-order chi connectivity index (χ0) is 15.4. The molecular formula is C16H21Cl2NOS. The Morgan fingerprint density at radius 3 is 2.86 bits per heavy atom. The van der Waals surface area contributed by atoms with Crippen molar-refractivity contribution < 1.29 is 4.79 Å². The number of thioether (sulfide) groups is 1.